The molecule has 1 aliphatic rings. The fraction of sp³-hybridized carbons (Fsp3) is 0.333. The van der Waals surface area contributed by atoms with Crippen LogP contribution in [0.1, 0.15) is 46.5 Å². The second-order valence-corrected chi connectivity index (χ2v) is 9.77. The van der Waals surface area contributed by atoms with Crippen LogP contribution < -0.4 is 5.32 Å². The van der Waals surface area contributed by atoms with Crippen molar-refractivity contribution in [2.45, 2.75) is 48.9 Å². The number of nitrogens with one attached hydrogen (secondary N) is 1. The van der Waals surface area contributed by atoms with Crippen LogP contribution in [0.15, 0.2) is 71.2 Å². The van der Waals surface area contributed by atoms with Crippen molar-refractivity contribution < 1.29 is 4.79 Å². The summed E-state index contributed by atoms with van der Waals surface area (Å²) in [6, 6.07) is 18.6. The number of hydrogen-bond donors (Lipinski definition) is 1. The fourth-order valence-corrected chi connectivity index (χ4v) is 6.01. The largest absolute Gasteiger partial charge is 0.347 e. The second kappa shape index (κ2) is 10.1. The Bertz CT molecular complexity index is 912. The first-order chi connectivity index (χ1) is 14.3. The molecule has 1 aliphatic carbocycles. The minimum absolute atomic E-state index is 0.0376. The predicted octanol–water partition coefficient (Wildman–Crippen LogP) is 5.97. The molecule has 0 spiro atoms. The normalized spacial score (nSPS) is 19.0. The number of thioether (sulfide) groups is 1. The Morgan fingerprint density at radius 3 is 2.76 bits per heavy atom. The predicted molar refractivity (Wildman–Crippen MR) is 121 cm³/mol. The molecule has 5 heteroatoms. The van der Waals surface area contributed by atoms with Gasteiger partial charge in [-0.15, -0.1) is 23.1 Å². The zero-order chi connectivity index (χ0) is 19.9. The Labute approximate surface area is 181 Å². The van der Waals surface area contributed by atoms with Crippen molar-refractivity contribution in [2.24, 2.45) is 5.92 Å². The molecule has 1 fully saturated rings. The van der Waals surface area contributed by atoms with Crippen LogP contribution in [0.2, 0.25) is 0 Å². The van der Waals surface area contributed by atoms with E-state index in [1.165, 1.54) is 31.2 Å². The lowest BCUT2D eigenvalue weighted by atomic mass is 9.84. The number of amides is 1. The van der Waals surface area contributed by atoms with Gasteiger partial charge in [-0.05, 0) is 54.3 Å². The third-order valence-electron chi connectivity index (χ3n) is 5.46. The van der Waals surface area contributed by atoms with E-state index in [9.17, 15) is 4.79 Å². The maximum Gasteiger partial charge on any atom is 0.254 e. The lowest BCUT2D eigenvalue weighted by molar-refractivity contribution is 0.0947. The highest BCUT2D eigenvalue weighted by atomic mass is 32.2. The molecule has 2 heterocycles. The number of carbonyl (C=O) groups is 1. The maximum absolute atomic E-state index is 12.8. The second-order valence-electron chi connectivity index (χ2n) is 7.51. The summed E-state index contributed by atoms with van der Waals surface area (Å²) in [6.07, 6.45) is 7.90. The molecule has 0 aliphatic heterocycles. The summed E-state index contributed by atoms with van der Waals surface area (Å²) in [7, 11) is 0. The van der Waals surface area contributed by atoms with Gasteiger partial charge in [-0.1, -0.05) is 49.2 Å². The molecule has 2 atom stereocenters. The Morgan fingerprint density at radius 2 is 1.93 bits per heavy atom. The van der Waals surface area contributed by atoms with Crippen LogP contribution in [0.5, 0.6) is 0 Å². The summed E-state index contributed by atoms with van der Waals surface area (Å²) in [6.45, 7) is 0.565. The minimum atomic E-state index is -0.0376. The highest BCUT2D eigenvalue weighted by Gasteiger charge is 2.28. The molecule has 29 heavy (non-hydrogen) atoms. The molecule has 4 rings (SSSR count). The van der Waals surface area contributed by atoms with Crippen molar-refractivity contribution in [1.82, 2.24) is 10.3 Å². The number of nitrogens with zero attached hydrogens (tertiary/aromatic N) is 1. The molecular weight excluding hydrogens is 396 g/mol. The lowest BCUT2D eigenvalue weighted by Crippen LogP contribution is -2.26. The molecule has 0 saturated heterocycles. The van der Waals surface area contributed by atoms with Crippen LogP contribution in [0.3, 0.4) is 0 Å². The molecule has 3 nitrogen and oxygen atoms in total. The smallest absolute Gasteiger partial charge is 0.254 e. The molecule has 0 radical (unpaired) electrons. The van der Waals surface area contributed by atoms with Gasteiger partial charge in [0.2, 0.25) is 0 Å². The summed E-state index contributed by atoms with van der Waals surface area (Å²) >= 11 is 3.46. The van der Waals surface area contributed by atoms with Gasteiger partial charge in [0.15, 0.2) is 0 Å². The molecule has 1 amide bonds. The monoisotopic (exact) mass is 422 g/mol. The number of thiophene rings is 1. The van der Waals surface area contributed by atoms with E-state index in [-0.39, 0.29) is 5.91 Å². The summed E-state index contributed by atoms with van der Waals surface area (Å²) < 4.78 is 0. The lowest BCUT2D eigenvalue weighted by Gasteiger charge is -2.31. The molecule has 3 aromatic rings. The highest BCUT2D eigenvalue weighted by molar-refractivity contribution is 8.00. The Balaban J connectivity index is 1.45. The number of rotatable bonds is 7. The molecule has 2 aromatic heterocycles. The molecule has 2 unspecified atom stereocenters. The van der Waals surface area contributed by atoms with Crippen LogP contribution in [0.25, 0.3) is 0 Å². The number of carbonyl (C=O) groups excluding carboxylic acids is 1. The molecular formula is C24H26N2OS2. The van der Waals surface area contributed by atoms with Gasteiger partial charge in [0.25, 0.3) is 5.91 Å². The van der Waals surface area contributed by atoms with Crippen molar-refractivity contribution in [3.05, 3.63) is 82.2 Å². The SMILES string of the molecule is O=C(NCc1cccs1)c1cccnc1SC1CCCCC1Cc1ccccc1. The van der Waals surface area contributed by atoms with Gasteiger partial charge in [-0.3, -0.25) is 4.79 Å². The first-order valence-corrected chi connectivity index (χ1v) is 12.0. The van der Waals surface area contributed by atoms with Gasteiger partial charge in [0.05, 0.1) is 12.1 Å². The zero-order valence-corrected chi connectivity index (χ0v) is 18.1. The third kappa shape index (κ3) is 5.49. The van der Waals surface area contributed by atoms with Gasteiger partial charge >= 0.3 is 0 Å². The van der Waals surface area contributed by atoms with Crippen LogP contribution in [0.4, 0.5) is 0 Å². The molecule has 0 bridgehead atoms. The number of pyridine rings is 1. The van der Waals surface area contributed by atoms with Gasteiger partial charge in [0, 0.05) is 16.3 Å². The zero-order valence-electron chi connectivity index (χ0n) is 16.4. The van der Waals surface area contributed by atoms with Crippen molar-refractivity contribution >= 4 is 29.0 Å². The van der Waals surface area contributed by atoms with E-state index in [1.54, 1.807) is 29.3 Å². The highest BCUT2D eigenvalue weighted by Crippen LogP contribution is 2.39. The van der Waals surface area contributed by atoms with Gasteiger partial charge in [0.1, 0.15) is 5.03 Å². The first-order valence-electron chi connectivity index (χ1n) is 10.3. The van der Waals surface area contributed by atoms with Crippen molar-refractivity contribution in [2.75, 3.05) is 0 Å². The Morgan fingerprint density at radius 1 is 1.07 bits per heavy atom. The van der Waals surface area contributed by atoms with E-state index in [4.69, 9.17) is 0 Å². The number of benzene rings is 1. The molecule has 1 saturated carbocycles. The molecule has 1 N–H and O–H groups in total. The van der Waals surface area contributed by atoms with Crippen LogP contribution in [0, 0.1) is 5.92 Å². The Hall–Kier alpha value is -2.11. The van der Waals surface area contributed by atoms with E-state index in [2.05, 4.69) is 40.6 Å². The molecule has 150 valence electrons. The van der Waals surface area contributed by atoms with E-state index < -0.39 is 0 Å². The average molecular weight is 423 g/mol. The summed E-state index contributed by atoms with van der Waals surface area (Å²) in [5, 5.41) is 6.44. The first kappa shape index (κ1) is 20.2. The van der Waals surface area contributed by atoms with Gasteiger partial charge in [-0.25, -0.2) is 4.98 Å². The van der Waals surface area contributed by atoms with E-state index in [0.717, 1.165) is 16.3 Å². The van der Waals surface area contributed by atoms with Crippen LogP contribution in [-0.2, 0) is 13.0 Å². The van der Waals surface area contributed by atoms with E-state index in [0.29, 0.717) is 23.3 Å². The van der Waals surface area contributed by atoms with E-state index >= 15 is 0 Å². The Kier molecular flexibility index (Phi) is 7.01. The summed E-state index contributed by atoms with van der Waals surface area (Å²) in [5.74, 6) is 0.588. The number of aromatic nitrogens is 1. The average Bonchev–Trinajstić information content (AvgIpc) is 3.28. The van der Waals surface area contributed by atoms with Gasteiger partial charge < -0.3 is 5.32 Å². The topological polar surface area (TPSA) is 42.0 Å². The van der Waals surface area contributed by atoms with E-state index in [1.807, 2.05) is 29.6 Å². The third-order valence-corrected chi connectivity index (χ3v) is 7.81. The fourth-order valence-electron chi connectivity index (χ4n) is 3.96. The van der Waals surface area contributed by atoms with Crippen molar-refractivity contribution in [3.63, 3.8) is 0 Å². The summed E-state index contributed by atoms with van der Waals surface area (Å²) in [4.78, 5) is 18.6. The summed E-state index contributed by atoms with van der Waals surface area (Å²) in [5.41, 5.74) is 2.10. The quantitative estimate of drug-likeness (QED) is 0.510. The van der Waals surface area contributed by atoms with Crippen LogP contribution in [-0.4, -0.2) is 16.1 Å². The number of hydrogen-bond acceptors (Lipinski definition) is 4. The van der Waals surface area contributed by atoms with Crippen molar-refractivity contribution in [1.29, 1.82) is 0 Å². The maximum atomic E-state index is 12.8. The van der Waals surface area contributed by atoms with Crippen molar-refractivity contribution in [3.8, 4) is 0 Å². The van der Waals surface area contributed by atoms with Gasteiger partial charge in [-0.2, -0.15) is 0 Å². The van der Waals surface area contributed by atoms with Crippen LogP contribution >= 0.6 is 23.1 Å². The molecule has 1 aromatic carbocycles. The standard InChI is InChI=1S/C24H26N2OS2/c27-23(26-17-20-11-7-15-28-20)21-12-6-14-25-24(21)29-22-13-5-4-10-19(22)16-18-8-2-1-3-9-18/h1-3,6-9,11-12,14-15,19,22H,4-5,10,13,16-17H2,(H,26,27). The minimum Gasteiger partial charge on any atom is -0.347 e.